The molecule has 0 bridgehead atoms. The van der Waals surface area contributed by atoms with E-state index < -0.39 is 5.56 Å². The summed E-state index contributed by atoms with van der Waals surface area (Å²) < 4.78 is 1.09. The maximum atomic E-state index is 12.6. The van der Waals surface area contributed by atoms with Crippen LogP contribution in [0.15, 0.2) is 65.5 Å². The lowest BCUT2D eigenvalue weighted by Crippen LogP contribution is -2.26. The molecule has 0 radical (unpaired) electrons. The Morgan fingerprint density at radius 3 is 2.38 bits per heavy atom. The van der Waals surface area contributed by atoms with E-state index in [1.807, 2.05) is 25.1 Å². The van der Waals surface area contributed by atoms with E-state index in [-0.39, 0.29) is 17.0 Å². The van der Waals surface area contributed by atoms with Gasteiger partial charge < -0.3 is 0 Å². The van der Waals surface area contributed by atoms with Crippen LogP contribution in [0.4, 0.5) is 0 Å². The third kappa shape index (κ3) is 2.85. The number of hydrogen-bond acceptors (Lipinski definition) is 4. The van der Waals surface area contributed by atoms with Gasteiger partial charge in [0.25, 0.3) is 5.56 Å². The molecule has 0 spiro atoms. The zero-order chi connectivity index (χ0) is 17.1. The third-order valence-corrected chi connectivity index (χ3v) is 3.58. The summed E-state index contributed by atoms with van der Waals surface area (Å²) in [7, 11) is 0. The van der Waals surface area contributed by atoms with E-state index in [0.717, 1.165) is 10.2 Å². The molecule has 116 valence electrons. The molecule has 3 rings (SSSR count). The minimum atomic E-state index is -0.550. The van der Waals surface area contributed by atoms with Crippen molar-refractivity contribution in [1.29, 1.82) is 5.26 Å². The summed E-state index contributed by atoms with van der Waals surface area (Å²) in [5.74, 6) is -0.340. The maximum absolute atomic E-state index is 12.6. The molecule has 5 heteroatoms. The van der Waals surface area contributed by atoms with E-state index in [0.29, 0.717) is 11.3 Å². The van der Waals surface area contributed by atoms with E-state index >= 15 is 0 Å². The SMILES string of the molecule is Cc1ccc(-n2nc(C(=O)c3ccccc3)cc(C#N)c2=O)cc1. The molecule has 24 heavy (non-hydrogen) atoms. The Balaban J connectivity index is 2.17. The molecule has 1 aromatic heterocycles. The van der Waals surface area contributed by atoms with Gasteiger partial charge in [0.05, 0.1) is 5.69 Å². The van der Waals surface area contributed by atoms with Gasteiger partial charge in [0, 0.05) is 5.56 Å². The Hall–Kier alpha value is -3.52. The van der Waals surface area contributed by atoms with Crippen molar-refractivity contribution in [3.05, 3.63) is 93.4 Å². The van der Waals surface area contributed by atoms with E-state index in [4.69, 9.17) is 0 Å². The fourth-order valence-electron chi connectivity index (χ4n) is 2.28. The van der Waals surface area contributed by atoms with Crippen LogP contribution in [0.2, 0.25) is 0 Å². The average molecular weight is 315 g/mol. The number of ketones is 1. The molecule has 0 saturated heterocycles. The largest absolute Gasteiger partial charge is 0.289 e. The second kappa shape index (κ2) is 6.31. The number of carbonyl (C=O) groups excluding carboxylic acids is 1. The van der Waals surface area contributed by atoms with Gasteiger partial charge in [-0.1, -0.05) is 48.0 Å². The van der Waals surface area contributed by atoms with Crippen LogP contribution < -0.4 is 5.56 Å². The summed E-state index contributed by atoms with van der Waals surface area (Å²) in [5.41, 5.74) is 1.37. The highest BCUT2D eigenvalue weighted by Gasteiger charge is 2.16. The topological polar surface area (TPSA) is 75.8 Å². The molecule has 0 aliphatic rings. The summed E-state index contributed by atoms with van der Waals surface area (Å²) in [6.45, 7) is 1.93. The number of hydrogen-bond donors (Lipinski definition) is 0. The normalized spacial score (nSPS) is 10.2. The predicted octanol–water partition coefficient (Wildman–Crippen LogP) is 2.64. The Morgan fingerprint density at radius 2 is 1.75 bits per heavy atom. The van der Waals surface area contributed by atoms with Gasteiger partial charge in [0.2, 0.25) is 5.78 Å². The molecule has 0 unspecified atom stereocenters. The Kier molecular flexibility index (Phi) is 4.04. The Morgan fingerprint density at radius 1 is 1.08 bits per heavy atom. The predicted molar refractivity (Wildman–Crippen MR) is 89.2 cm³/mol. The summed E-state index contributed by atoms with van der Waals surface area (Å²) >= 11 is 0. The van der Waals surface area contributed by atoms with Crippen molar-refractivity contribution < 1.29 is 4.79 Å². The van der Waals surface area contributed by atoms with E-state index in [1.165, 1.54) is 6.07 Å². The van der Waals surface area contributed by atoms with Gasteiger partial charge in [-0.3, -0.25) is 9.59 Å². The minimum absolute atomic E-state index is 0.0536. The van der Waals surface area contributed by atoms with Gasteiger partial charge >= 0.3 is 0 Å². The monoisotopic (exact) mass is 315 g/mol. The molecular weight excluding hydrogens is 302 g/mol. The molecule has 0 saturated carbocycles. The first kappa shape index (κ1) is 15.4. The summed E-state index contributed by atoms with van der Waals surface area (Å²) in [6, 6.07) is 18.8. The number of aryl methyl sites for hydroxylation is 1. The van der Waals surface area contributed by atoms with E-state index in [9.17, 15) is 14.9 Å². The molecule has 1 heterocycles. The lowest BCUT2D eigenvalue weighted by Gasteiger charge is -2.08. The Bertz CT molecular complexity index is 998. The summed E-state index contributed by atoms with van der Waals surface area (Å²) in [5, 5.41) is 13.4. The van der Waals surface area contributed by atoms with Crippen molar-refractivity contribution in [3.8, 4) is 11.8 Å². The van der Waals surface area contributed by atoms with Gasteiger partial charge in [0.1, 0.15) is 17.3 Å². The van der Waals surface area contributed by atoms with Crippen LogP contribution in [0, 0.1) is 18.3 Å². The molecule has 5 nitrogen and oxygen atoms in total. The van der Waals surface area contributed by atoms with Gasteiger partial charge in [-0.15, -0.1) is 0 Å². The molecule has 0 aliphatic heterocycles. The van der Waals surface area contributed by atoms with Gasteiger partial charge in [-0.25, -0.2) is 0 Å². The first-order valence-corrected chi connectivity index (χ1v) is 7.31. The van der Waals surface area contributed by atoms with Crippen LogP contribution in [0.25, 0.3) is 5.69 Å². The zero-order valence-corrected chi connectivity index (χ0v) is 12.9. The maximum Gasteiger partial charge on any atom is 0.289 e. The lowest BCUT2D eigenvalue weighted by atomic mass is 10.1. The number of nitriles is 1. The van der Waals surface area contributed by atoms with Crippen LogP contribution in [-0.2, 0) is 0 Å². The molecule has 0 N–H and O–H groups in total. The highest BCUT2D eigenvalue weighted by atomic mass is 16.1. The van der Waals surface area contributed by atoms with Gasteiger partial charge in [0.15, 0.2) is 0 Å². The number of carbonyl (C=O) groups is 1. The minimum Gasteiger partial charge on any atom is -0.287 e. The standard InChI is InChI=1S/C19H13N3O2/c1-13-7-9-16(10-8-13)22-19(24)15(12-20)11-17(21-22)18(23)14-5-3-2-4-6-14/h2-11H,1H3. The van der Waals surface area contributed by atoms with Gasteiger partial charge in [-0.05, 0) is 25.1 Å². The van der Waals surface area contributed by atoms with Crippen molar-refractivity contribution in [2.24, 2.45) is 0 Å². The molecule has 0 aliphatic carbocycles. The molecule has 0 amide bonds. The third-order valence-electron chi connectivity index (χ3n) is 3.58. The second-order valence-corrected chi connectivity index (χ2v) is 5.30. The second-order valence-electron chi connectivity index (χ2n) is 5.30. The molecule has 0 atom stereocenters. The first-order chi connectivity index (χ1) is 11.6. The van der Waals surface area contributed by atoms with Crippen LogP contribution in [0.3, 0.4) is 0 Å². The highest BCUT2D eigenvalue weighted by molar-refractivity contribution is 6.07. The number of benzene rings is 2. The van der Waals surface area contributed by atoms with Crippen molar-refractivity contribution in [2.45, 2.75) is 6.92 Å². The van der Waals surface area contributed by atoms with Crippen molar-refractivity contribution in [1.82, 2.24) is 9.78 Å². The first-order valence-electron chi connectivity index (χ1n) is 7.31. The highest BCUT2D eigenvalue weighted by Crippen LogP contribution is 2.11. The van der Waals surface area contributed by atoms with Crippen molar-refractivity contribution in [2.75, 3.05) is 0 Å². The summed E-state index contributed by atoms with van der Waals surface area (Å²) in [6.07, 6.45) is 0. The average Bonchev–Trinajstić information content (AvgIpc) is 2.63. The number of aromatic nitrogens is 2. The molecule has 3 aromatic rings. The van der Waals surface area contributed by atoms with Crippen LogP contribution in [0.1, 0.15) is 27.2 Å². The van der Waals surface area contributed by atoms with Crippen LogP contribution >= 0.6 is 0 Å². The number of nitrogens with zero attached hydrogens (tertiary/aromatic N) is 3. The van der Waals surface area contributed by atoms with Gasteiger partial charge in [-0.2, -0.15) is 15.0 Å². The molecule has 2 aromatic carbocycles. The van der Waals surface area contributed by atoms with Crippen molar-refractivity contribution >= 4 is 5.78 Å². The van der Waals surface area contributed by atoms with E-state index in [1.54, 1.807) is 42.5 Å². The molecular formula is C19H13N3O2. The van der Waals surface area contributed by atoms with Crippen LogP contribution in [-0.4, -0.2) is 15.6 Å². The summed E-state index contributed by atoms with van der Waals surface area (Å²) in [4.78, 5) is 24.9. The molecule has 0 fully saturated rings. The lowest BCUT2D eigenvalue weighted by molar-refractivity contribution is 0.103. The fourth-order valence-corrected chi connectivity index (χ4v) is 2.28. The zero-order valence-electron chi connectivity index (χ0n) is 12.9. The van der Waals surface area contributed by atoms with E-state index in [2.05, 4.69) is 5.10 Å². The Labute approximate surface area is 138 Å². The smallest absolute Gasteiger partial charge is 0.287 e. The number of rotatable bonds is 3. The quantitative estimate of drug-likeness (QED) is 0.696. The van der Waals surface area contributed by atoms with Crippen molar-refractivity contribution in [3.63, 3.8) is 0 Å². The van der Waals surface area contributed by atoms with Crippen LogP contribution in [0.5, 0.6) is 0 Å². The fraction of sp³-hybridized carbons (Fsp3) is 0.0526.